The fraction of sp³-hybridized carbons (Fsp3) is 0.286. The Kier molecular flexibility index (Phi) is 8.03. The van der Waals surface area contributed by atoms with Gasteiger partial charge in [0.25, 0.3) is 0 Å². The maximum atomic E-state index is 11.9. The zero-order valence-corrected chi connectivity index (χ0v) is 15.7. The second-order valence-electron chi connectivity index (χ2n) is 6.01. The summed E-state index contributed by atoms with van der Waals surface area (Å²) in [6.07, 6.45) is 1.60. The molecule has 2 aromatic rings. The van der Waals surface area contributed by atoms with Gasteiger partial charge in [0.15, 0.2) is 0 Å². The predicted octanol–water partition coefficient (Wildman–Crippen LogP) is 3.54. The van der Waals surface area contributed by atoms with Gasteiger partial charge in [-0.25, -0.2) is 5.43 Å². The van der Waals surface area contributed by atoms with Crippen LogP contribution < -0.4 is 15.5 Å². The molecule has 6 nitrogen and oxygen atoms in total. The van der Waals surface area contributed by atoms with Crippen molar-refractivity contribution >= 4 is 23.2 Å². The molecule has 142 valence electrons. The molecule has 2 N–H and O–H groups in total. The minimum absolute atomic E-state index is 0.0772. The van der Waals surface area contributed by atoms with Crippen molar-refractivity contribution in [1.82, 2.24) is 5.43 Å². The van der Waals surface area contributed by atoms with Gasteiger partial charge in [-0.3, -0.25) is 9.59 Å². The molecule has 2 rings (SSSR count). The summed E-state index contributed by atoms with van der Waals surface area (Å²) < 4.78 is 5.07. The quantitative estimate of drug-likeness (QED) is 0.525. The summed E-state index contributed by atoms with van der Waals surface area (Å²) in [4.78, 5) is 23.9. The molecule has 0 heterocycles. The average molecular weight is 367 g/mol. The Morgan fingerprint density at radius 3 is 2.26 bits per heavy atom. The van der Waals surface area contributed by atoms with Crippen LogP contribution in [-0.2, 0) is 16.0 Å². The van der Waals surface area contributed by atoms with Crippen molar-refractivity contribution in [3.05, 3.63) is 60.2 Å². The zero-order chi connectivity index (χ0) is 19.5. The number of hydrogen-bond acceptors (Lipinski definition) is 4. The van der Waals surface area contributed by atoms with E-state index >= 15 is 0 Å². The van der Waals surface area contributed by atoms with Gasteiger partial charge in [-0.15, -0.1) is 0 Å². The lowest BCUT2D eigenvalue weighted by Crippen LogP contribution is -2.22. The highest BCUT2D eigenvalue weighted by Gasteiger charge is 2.08. The first-order valence-electron chi connectivity index (χ1n) is 8.92. The van der Waals surface area contributed by atoms with E-state index in [1.54, 1.807) is 31.4 Å². The highest BCUT2D eigenvalue weighted by atomic mass is 16.5. The van der Waals surface area contributed by atoms with E-state index in [1.807, 2.05) is 37.3 Å². The molecular weight excluding hydrogens is 342 g/mol. The largest absolute Gasteiger partial charge is 0.497 e. The van der Waals surface area contributed by atoms with Gasteiger partial charge in [0.1, 0.15) is 5.75 Å². The summed E-state index contributed by atoms with van der Waals surface area (Å²) in [6, 6.07) is 17.0. The maximum Gasteiger partial charge on any atom is 0.240 e. The van der Waals surface area contributed by atoms with Crippen LogP contribution in [0.5, 0.6) is 5.75 Å². The van der Waals surface area contributed by atoms with Crippen molar-refractivity contribution in [2.24, 2.45) is 5.10 Å². The minimum atomic E-state index is -0.279. The van der Waals surface area contributed by atoms with E-state index in [0.29, 0.717) is 17.9 Å². The van der Waals surface area contributed by atoms with Crippen LogP contribution >= 0.6 is 0 Å². The molecule has 0 aliphatic carbocycles. The third-order valence-corrected chi connectivity index (χ3v) is 3.95. The lowest BCUT2D eigenvalue weighted by atomic mass is 10.1. The summed E-state index contributed by atoms with van der Waals surface area (Å²) in [5, 5.41) is 6.94. The summed E-state index contributed by atoms with van der Waals surface area (Å²) in [5.41, 5.74) is 5.23. The molecule has 0 atom stereocenters. The number of methoxy groups -OCH3 is 1. The number of hydrogen-bond donors (Lipinski definition) is 2. The van der Waals surface area contributed by atoms with Crippen molar-refractivity contribution in [2.45, 2.75) is 32.6 Å². The van der Waals surface area contributed by atoms with Crippen molar-refractivity contribution in [3.63, 3.8) is 0 Å². The van der Waals surface area contributed by atoms with Crippen molar-refractivity contribution in [1.29, 1.82) is 0 Å². The fourth-order valence-electron chi connectivity index (χ4n) is 2.40. The third kappa shape index (κ3) is 7.32. The second kappa shape index (κ2) is 10.8. The Bertz CT molecular complexity index is 771. The number of hydrazone groups is 1. The van der Waals surface area contributed by atoms with E-state index < -0.39 is 0 Å². The van der Waals surface area contributed by atoms with E-state index in [1.165, 1.54) is 0 Å². The molecule has 0 aliphatic heterocycles. The van der Waals surface area contributed by atoms with Gasteiger partial charge in [0.2, 0.25) is 11.8 Å². The molecule has 0 radical (unpaired) electrons. The summed E-state index contributed by atoms with van der Waals surface area (Å²) in [6.45, 7) is 2.00. The number of ether oxygens (including phenoxy) is 1. The number of carbonyl (C=O) groups excluding carboxylic acids is 2. The summed E-state index contributed by atoms with van der Waals surface area (Å²) >= 11 is 0. The SMILES string of the molecule is CC/C(Cc1ccccc1)=N\NC(=O)CCC(=O)Nc1ccc(OC)cc1. The Balaban J connectivity index is 1.76. The Labute approximate surface area is 159 Å². The van der Waals surface area contributed by atoms with E-state index in [2.05, 4.69) is 15.8 Å². The van der Waals surface area contributed by atoms with Crippen LogP contribution in [-0.4, -0.2) is 24.6 Å². The first-order valence-corrected chi connectivity index (χ1v) is 8.92. The number of anilines is 1. The Morgan fingerprint density at radius 1 is 0.963 bits per heavy atom. The molecule has 0 saturated carbocycles. The molecule has 0 fully saturated rings. The van der Waals surface area contributed by atoms with Crippen LogP contribution in [0, 0.1) is 0 Å². The Hall–Kier alpha value is -3.15. The molecule has 0 spiro atoms. The van der Waals surface area contributed by atoms with Gasteiger partial charge in [-0.2, -0.15) is 5.10 Å². The number of nitrogens with zero attached hydrogens (tertiary/aromatic N) is 1. The molecule has 6 heteroatoms. The molecule has 27 heavy (non-hydrogen) atoms. The molecular formula is C21H25N3O3. The van der Waals surface area contributed by atoms with Crippen LogP contribution in [0.2, 0.25) is 0 Å². The monoisotopic (exact) mass is 367 g/mol. The van der Waals surface area contributed by atoms with Crippen molar-refractivity contribution in [2.75, 3.05) is 12.4 Å². The summed E-state index contributed by atoms with van der Waals surface area (Å²) in [5.74, 6) is 0.214. The standard InChI is InChI=1S/C21H25N3O3/c1-3-17(15-16-7-5-4-6-8-16)23-24-21(26)14-13-20(25)22-18-9-11-19(27-2)12-10-18/h4-12H,3,13-15H2,1-2H3,(H,22,25)(H,24,26)/b23-17+. The smallest absolute Gasteiger partial charge is 0.240 e. The van der Waals surface area contributed by atoms with Crippen molar-refractivity contribution in [3.8, 4) is 5.75 Å². The maximum absolute atomic E-state index is 11.9. The van der Waals surface area contributed by atoms with Gasteiger partial charge in [-0.05, 0) is 36.2 Å². The van der Waals surface area contributed by atoms with Crippen LogP contribution in [0.15, 0.2) is 59.7 Å². The van der Waals surface area contributed by atoms with E-state index in [4.69, 9.17) is 4.74 Å². The fourth-order valence-corrected chi connectivity index (χ4v) is 2.40. The van der Waals surface area contributed by atoms with Crippen molar-refractivity contribution < 1.29 is 14.3 Å². The van der Waals surface area contributed by atoms with Gasteiger partial charge in [-0.1, -0.05) is 37.3 Å². The number of rotatable bonds is 9. The second-order valence-corrected chi connectivity index (χ2v) is 6.01. The van der Waals surface area contributed by atoms with E-state index in [0.717, 1.165) is 17.7 Å². The summed E-state index contributed by atoms with van der Waals surface area (Å²) in [7, 11) is 1.58. The first-order chi connectivity index (χ1) is 13.1. The zero-order valence-electron chi connectivity index (χ0n) is 15.7. The highest BCUT2D eigenvalue weighted by Crippen LogP contribution is 2.15. The number of benzene rings is 2. The number of carbonyl (C=O) groups is 2. The normalized spacial score (nSPS) is 11.0. The molecule has 0 aromatic heterocycles. The Morgan fingerprint density at radius 2 is 1.63 bits per heavy atom. The first kappa shape index (κ1) is 20.2. The molecule has 0 bridgehead atoms. The average Bonchev–Trinajstić information content (AvgIpc) is 2.71. The molecule has 2 aromatic carbocycles. The van der Waals surface area contributed by atoms with Gasteiger partial charge in [0.05, 0.1) is 7.11 Å². The van der Waals surface area contributed by atoms with Gasteiger partial charge >= 0.3 is 0 Å². The van der Waals surface area contributed by atoms with Crippen LogP contribution in [0.1, 0.15) is 31.7 Å². The van der Waals surface area contributed by atoms with Crippen LogP contribution in [0.3, 0.4) is 0 Å². The van der Waals surface area contributed by atoms with Gasteiger partial charge in [0, 0.05) is 30.7 Å². The third-order valence-electron chi connectivity index (χ3n) is 3.95. The topological polar surface area (TPSA) is 79.8 Å². The molecule has 2 amide bonds. The minimum Gasteiger partial charge on any atom is -0.497 e. The lowest BCUT2D eigenvalue weighted by Gasteiger charge is -2.07. The number of nitrogens with one attached hydrogen (secondary N) is 2. The van der Waals surface area contributed by atoms with Crippen LogP contribution in [0.4, 0.5) is 5.69 Å². The van der Waals surface area contributed by atoms with E-state index in [9.17, 15) is 9.59 Å². The molecule has 0 aliphatic rings. The van der Waals surface area contributed by atoms with Gasteiger partial charge < -0.3 is 10.1 Å². The number of amides is 2. The lowest BCUT2D eigenvalue weighted by molar-refractivity contribution is -0.124. The molecule has 0 saturated heterocycles. The van der Waals surface area contributed by atoms with Crippen LogP contribution in [0.25, 0.3) is 0 Å². The molecule has 0 unspecified atom stereocenters. The van der Waals surface area contributed by atoms with E-state index in [-0.39, 0.29) is 24.7 Å². The highest BCUT2D eigenvalue weighted by molar-refractivity contribution is 5.93. The predicted molar refractivity (Wildman–Crippen MR) is 107 cm³/mol.